The summed E-state index contributed by atoms with van der Waals surface area (Å²) in [5.41, 5.74) is 0.458. The fourth-order valence-corrected chi connectivity index (χ4v) is 7.36. The van der Waals surface area contributed by atoms with E-state index < -0.39 is 15.7 Å². The number of anilines is 1. The van der Waals surface area contributed by atoms with E-state index in [2.05, 4.69) is 4.99 Å². The summed E-state index contributed by atoms with van der Waals surface area (Å²) < 4.78 is 38.0. The van der Waals surface area contributed by atoms with Crippen molar-refractivity contribution in [3.05, 3.63) is 29.0 Å². The Morgan fingerprint density at radius 1 is 1.38 bits per heavy atom. The summed E-state index contributed by atoms with van der Waals surface area (Å²) in [5, 5.41) is 0.211. The Labute approximate surface area is 161 Å². The molecule has 2 heterocycles. The predicted molar refractivity (Wildman–Crippen MR) is 104 cm³/mol. The zero-order valence-electron chi connectivity index (χ0n) is 14.5. The molecule has 1 aromatic carbocycles. The molecule has 0 radical (unpaired) electrons. The maximum absolute atomic E-state index is 14.0. The fraction of sp³-hybridized carbons (Fsp3) is 0.529. The van der Waals surface area contributed by atoms with Crippen LogP contribution in [-0.4, -0.2) is 42.3 Å². The van der Waals surface area contributed by atoms with E-state index in [1.165, 1.54) is 23.9 Å². The lowest BCUT2D eigenvalue weighted by Gasteiger charge is -2.25. The second kappa shape index (κ2) is 7.48. The number of hydrogen-bond donors (Lipinski definition) is 0. The average molecular weight is 419 g/mol. The lowest BCUT2D eigenvalue weighted by atomic mass is 10.0. The minimum atomic E-state index is -3.16. The molecule has 2 aliphatic rings. The summed E-state index contributed by atoms with van der Waals surface area (Å²) in [6.45, 7) is 3.86. The highest BCUT2D eigenvalue weighted by Crippen LogP contribution is 2.41. The number of sulfone groups is 1. The van der Waals surface area contributed by atoms with Crippen molar-refractivity contribution in [3.8, 4) is 0 Å². The molecule has 0 bridgehead atoms. The van der Waals surface area contributed by atoms with Crippen LogP contribution in [0, 0.1) is 11.7 Å². The first-order valence-electron chi connectivity index (χ1n) is 8.49. The minimum absolute atomic E-state index is 0.0113. The maximum Gasteiger partial charge on any atom is 0.251 e. The van der Waals surface area contributed by atoms with E-state index in [4.69, 9.17) is 11.6 Å². The van der Waals surface area contributed by atoms with E-state index in [1.807, 2.05) is 13.8 Å². The number of amidine groups is 1. The van der Waals surface area contributed by atoms with Gasteiger partial charge in [-0.05, 0) is 31.0 Å². The quantitative estimate of drug-likeness (QED) is 0.748. The molecule has 2 aliphatic heterocycles. The van der Waals surface area contributed by atoms with E-state index in [-0.39, 0.29) is 39.6 Å². The molecule has 0 aliphatic carbocycles. The molecule has 2 atom stereocenters. The van der Waals surface area contributed by atoms with E-state index in [0.29, 0.717) is 23.7 Å². The van der Waals surface area contributed by atoms with Gasteiger partial charge in [0.2, 0.25) is 0 Å². The normalized spacial score (nSPS) is 25.9. The van der Waals surface area contributed by atoms with Crippen LogP contribution in [0.15, 0.2) is 23.2 Å². The van der Waals surface area contributed by atoms with Crippen molar-refractivity contribution in [2.24, 2.45) is 10.9 Å². The highest BCUT2D eigenvalue weighted by atomic mass is 35.5. The van der Waals surface area contributed by atoms with Gasteiger partial charge in [0.05, 0.1) is 22.6 Å². The van der Waals surface area contributed by atoms with Crippen LogP contribution in [0.5, 0.6) is 0 Å². The standard InChI is InChI=1S/C17H20ClFN2O3S2/c1-3-10(4-2)16(22)20-17-21(11-5-6-12(18)13(19)7-11)14-8-26(23,24)9-15(14)25-17/h5-7,10,14-15H,3-4,8-9H2,1-2H3/t14-,15+/m0/s1. The molecule has 5 nitrogen and oxygen atoms in total. The molecule has 9 heteroatoms. The number of halogens is 2. The smallest absolute Gasteiger partial charge is 0.251 e. The van der Waals surface area contributed by atoms with Crippen molar-refractivity contribution in [2.45, 2.75) is 38.0 Å². The Morgan fingerprint density at radius 2 is 2.08 bits per heavy atom. The van der Waals surface area contributed by atoms with Gasteiger partial charge in [0.15, 0.2) is 15.0 Å². The first-order chi connectivity index (χ1) is 12.3. The number of nitrogens with zero attached hydrogens (tertiary/aromatic N) is 2. The molecule has 0 spiro atoms. The maximum atomic E-state index is 14.0. The first kappa shape index (κ1) is 19.6. The Morgan fingerprint density at radius 3 is 2.69 bits per heavy atom. The molecule has 2 fully saturated rings. The predicted octanol–water partition coefficient (Wildman–Crippen LogP) is 3.52. The monoisotopic (exact) mass is 418 g/mol. The van der Waals surface area contributed by atoms with Gasteiger partial charge in [-0.1, -0.05) is 37.2 Å². The van der Waals surface area contributed by atoms with Crippen molar-refractivity contribution in [1.29, 1.82) is 0 Å². The summed E-state index contributed by atoms with van der Waals surface area (Å²) in [4.78, 5) is 18.4. The Bertz CT molecular complexity index is 856. The molecule has 1 amide bonds. The van der Waals surface area contributed by atoms with Gasteiger partial charge >= 0.3 is 0 Å². The summed E-state index contributed by atoms with van der Waals surface area (Å²) >= 11 is 7.05. The van der Waals surface area contributed by atoms with E-state index in [9.17, 15) is 17.6 Å². The van der Waals surface area contributed by atoms with Crippen molar-refractivity contribution in [3.63, 3.8) is 0 Å². The number of hydrogen-bond acceptors (Lipinski definition) is 4. The lowest BCUT2D eigenvalue weighted by molar-refractivity contribution is -0.121. The van der Waals surface area contributed by atoms with Crippen LogP contribution in [0.3, 0.4) is 0 Å². The van der Waals surface area contributed by atoms with Crippen LogP contribution in [0.1, 0.15) is 26.7 Å². The van der Waals surface area contributed by atoms with Gasteiger partial charge < -0.3 is 4.90 Å². The van der Waals surface area contributed by atoms with Crippen LogP contribution >= 0.6 is 23.4 Å². The van der Waals surface area contributed by atoms with Gasteiger partial charge in [-0.2, -0.15) is 4.99 Å². The molecule has 3 rings (SSSR count). The van der Waals surface area contributed by atoms with E-state index >= 15 is 0 Å². The summed E-state index contributed by atoms with van der Waals surface area (Å²) in [5.74, 6) is -0.986. The molecule has 142 valence electrons. The van der Waals surface area contributed by atoms with Gasteiger partial charge in [0, 0.05) is 16.9 Å². The SMILES string of the molecule is CCC(CC)C(=O)N=C1S[C@@H]2CS(=O)(=O)C[C@@H]2N1c1ccc(Cl)c(F)c1. The molecular weight excluding hydrogens is 399 g/mol. The number of carbonyl (C=O) groups excluding carboxylic acids is 1. The number of aliphatic imine (C=N–C) groups is 1. The third kappa shape index (κ3) is 3.77. The van der Waals surface area contributed by atoms with Gasteiger partial charge in [-0.3, -0.25) is 4.79 Å². The zero-order valence-corrected chi connectivity index (χ0v) is 16.9. The van der Waals surface area contributed by atoms with E-state index in [0.717, 1.165) is 0 Å². The highest BCUT2D eigenvalue weighted by Gasteiger charge is 2.49. The number of rotatable bonds is 4. The second-order valence-corrected chi connectivity index (χ2v) is 10.3. The van der Waals surface area contributed by atoms with Gasteiger partial charge in [-0.15, -0.1) is 0 Å². The number of fused-ring (bicyclic) bond motifs is 1. The third-order valence-electron chi connectivity index (χ3n) is 4.79. The van der Waals surface area contributed by atoms with Crippen molar-refractivity contribution < 1.29 is 17.6 Å². The number of benzene rings is 1. The summed E-state index contributed by atoms with van der Waals surface area (Å²) in [6.07, 6.45) is 1.38. The molecule has 0 unspecified atom stereocenters. The molecular formula is C17H20ClFN2O3S2. The first-order valence-corrected chi connectivity index (χ1v) is 11.6. The van der Waals surface area contributed by atoms with Crippen LogP contribution in [0.4, 0.5) is 10.1 Å². The van der Waals surface area contributed by atoms with Crippen molar-refractivity contribution in [2.75, 3.05) is 16.4 Å². The van der Waals surface area contributed by atoms with Crippen molar-refractivity contribution >= 4 is 50.0 Å². The zero-order chi connectivity index (χ0) is 19.1. The summed E-state index contributed by atoms with van der Waals surface area (Å²) in [6, 6.07) is 3.94. The lowest BCUT2D eigenvalue weighted by Crippen LogP contribution is -2.38. The van der Waals surface area contributed by atoms with Crippen LogP contribution in [0.2, 0.25) is 5.02 Å². The number of amides is 1. The number of thioether (sulfide) groups is 1. The molecule has 0 aromatic heterocycles. The van der Waals surface area contributed by atoms with Gasteiger partial charge in [0.25, 0.3) is 5.91 Å². The van der Waals surface area contributed by atoms with Crippen molar-refractivity contribution in [1.82, 2.24) is 0 Å². The average Bonchev–Trinajstić information content (AvgIpc) is 3.02. The molecule has 0 saturated carbocycles. The largest absolute Gasteiger partial charge is 0.315 e. The van der Waals surface area contributed by atoms with Crippen LogP contribution in [0.25, 0.3) is 0 Å². The Balaban J connectivity index is 2.01. The van der Waals surface area contributed by atoms with E-state index in [1.54, 1.807) is 11.0 Å². The third-order valence-corrected chi connectivity index (χ3v) is 8.30. The molecule has 1 aromatic rings. The summed E-state index contributed by atoms with van der Waals surface area (Å²) in [7, 11) is -3.16. The topological polar surface area (TPSA) is 66.8 Å². The Hall–Kier alpha value is -1.12. The molecule has 2 saturated heterocycles. The molecule has 26 heavy (non-hydrogen) atoms. The van der Waals surface area contributed by atoms with Gasteiger partial charge in [0.1, 0.15) is 5.82 Å². The number of carbonyl (C=O) groups is 1. The van der Waals surface area contributed by atoms with Crippen LogP contribution in [-0.2, 0) is 14.6 Å². The second-order valence-electron chi connectivity index (χ2n) is 6.52. The highest BCUT2D eigenvalue weighted by molar-refractivity contribution is 8.16. The Kier molecular flexibility index (Phi) is 5.65. The van der Waals surface area contributed by atoms with Crippen LogP contribution < -0.4 is 4.90 Å². The minimum Gasteiger partial charge on any atom is -0.315 e. The fourth-order valence-electron chi connectivity index (χ4n) is 3.32. The van der Waals surface area contributed by atoms with Gasteiger partial charge in [-0.25, -0.2) is 12.8 Å². The molecule has 0 N–H and O–H groups in total.